The van der Waals surface area contributed by atoms with Crippen molar-refractivity contribution in [3.63, 3.8) is 0 Å². The summed E-state index contributed by atoms with van der Waals surface area (Å²) in [6.45, 7) is 1.76. The summed E-state index contributed by atoms with van der Waals surface area (Å²) in [5, 5.41) is 80.7. The monoisotopic (exact) mass is 1550 g/mol. The number of rotatable bonds is 48. The summed E-state index contributed by atoms with van der Waals surface area (Å²) in [4.78, 5) is 173. The van der Waals surface area contributed by atoms with Crippen molar-refractivity contribution >= 4 is 113 Å². The Labute approximate surface area is 642 Å². The molecule has 5 rings (SSSR count). The zero-order valence-corrected chi connectivity index (χ0v) is 62.5. The van der Waals surface area contributed by atoms with Crippen molar-refractivity contribution in [3.05, 3.63) is 144 Å². The number of carbonyl (C=O) groups is 12. The van der Waals surface area contributed by atoms with Gasteiger partial charge in [-0.25, -0.2) is 4.79 Å². The van der Waals surface area contributed by atoms with Crippen LogP contribution in [-0.4, -0.2) is 225 Å². The van der Waals surface area contributed by atoms with Crippen molar-refractivity contribution < 1.29 is 78.0 Å². The SMILES string of the molecule is CC(O)[C@H](NC(=O)[C@H](Cc1ccccc1)NC(=O)[C@@H](NC(=O)[C@H](CCCCN)NC(=O)[C@@H](Cc1c[nH]c2ccccc12)NC(=O)[C@H](Cc1ccccc1)NC(=O)[C@H](Cc1ccccc1)NC(=O)[C@@H](CCCNC(=N)N)NC(=O)[C@H](CCCCN)NC(=O)[C@@H](N)CS)C(C)O)C(=O)N[C@@H](CO)C(=O)N[C@@H](CS)C(=O)O. The molecular weight excluding hydrogens is 1450 g/mol. The van der Waals surface area contributed by atoms with Crippen LogP contribution in [0.1, 0.15) is 87.5 Å². The van der Waals surface area contributed by atoms with Crippen LogP contribution in [0.2, 0.25) is 0 Å². The highest BCUT2D eigenvalue weighted by atomic mass is 32.1. The zero-order valence-electron chi connectivity index (χ0n) is 60.7. The average molecular weight is 1550 g/mol. The second-order valence-electron chi connectivity index (χ2n) is 26.2. The topological polar surface area (TPSA) is 574 Å². The van der Waals surface area contributed by atoms with E-state index < -0.39 is 162 Å². The summed E-state index contributed by atoms with van der Waals surface area (Å²) in [5.74, 6) is -12.8. The molecule has 0 saturated carbocycles. The summed E-state index contributed by atoms with van der Waals surface area (Å²) < 4.78 is 0. The fraction of sp³-hybridized carbons (Fsp3) is 0.466. The molecule has 0 saturated heterocycles. The summed E-state index contributed by atoms with van der Waals surface area (Å²) >= 11 is 8.02. The number of nitrogens with one attached hydrogen (secondary N) is 14. The fourth-order valence-corrected chi connectivity index (χ4v) is 11.9. The standard InChI is InChI=1S/C73H104N18O16S2/c1-41(93)59(70(104)87-55(35-45-23-10-5-11-24-45)68(102)91-60(42(2)94)71(105)88-57(38-92)69(103)89-58(40-109)72(106)107)90-64(98)51(28-15-17-31-75)83-67(101)56(36-46-37-80-49-26-13-12-25-47(46)49)86-66(100)54(34-44-21-8-4-9-22-44)85-65(99)53(33-43-19-6-3-7-20-43)84-63(97)52(29-18-32-79-73(77)78)82-62(96)50(27-14-16-30-74)81-61(95)48(76)39-108/h3-13,19-26,37,41-42,48,50-60,80,92-94,108-109H,14-18,27-36,38-40,74-76H2,1-2H3,(H,81,95)(H,82,96)(H,83,101)(H,84,97)(H,85,99)(H,86,100)(H,87,104)(H,88,105)(H,89,103)(H,90,98)(H,91,102)(H,106,107)(H4,77,78,79)/t41?,42?,48-,50-,51-,52+,53-,54-,55-,56+,57-,58-,59-,60-/m0/s1. The van der Waals surface area contributed by atoms with Gasteiger partial charge in [0.15, 0.2) is 5.96 Å². The molecule has 0 aliphatic rings. The molecule has 1 heterocycles. The van der Waals surface area contributed by atoms with Crippen LogP contribution in [0.4, 0.5) is 0 Å². The molecule has 14 atom stereocenters. The van der Waals surface area contributed by atoms with Gasteiger partial charge in [0.05, 0.1) is 24.9 Å². The maximum Gasteiger partial charge on any atom is 0.327 e. The van der Waals surface area contributed by atoms with Gasteiger partial charge in [-0.15, -0.1) is 0 Å². The van der Waals surface area contributed by atoms with E-state index in [0.29, 0.717) is 59.0 Å². The van der Waals surface area contributed by atoms with E-state index in [2.05, 4.69) is 94.0 Å². The smallest absolute Gasteiger partial charge is 0.327 e. The van der Waals surface area contributed by atoms with Gasteiger partial charge in [0.25, 0.3) is 0 Å². The van der Waals surface area contributed by atoms with E-state index in [9.17, 15) is 63.6 Å². The summed E-state index contributed by atoms with van der Waals surface area (Å²) in [6, 6.07) is 13.9. The Morgan fingerprint density at radius 1 is 0.431 bits per heavy atom. The fourth-order valence-electron chi connectivity index (χ4n) is 11.4. The summed E-state index contributed by atoms with van der Waals surface area (Å²) in [5.41, 5.74) is 25.9. The predicted molar refractivity (Wildman–Crippen MR) is 412 cm³/mol. The lowest BCUT2D eigenvalue weighted by molar-refractivity contribution is -0.142. The van der Waals surface area contributed by atoms with Crippen LogP contribution in [0.5, 0.6) is 0 Å². The number of nitrogens with two attached hydrogens (primary N) is 4. The number of thiol groups is 2. The Morgan fingerprint density at radius 3 is 1.17 bits per heavy atom. The molecule has 0 aliphatic carbocycles. The number of carboxylic acid groups (broad SMARTS) is 1. The lowest BCUT2D eigenvalue weighted by Crippen LogP contribution is -2.63. The van der Waals surface area contributed by atoms with Crippen LogP contribution >= 0.6 is 25.3 Å². The van der Waals surface area contributed by atoms with Crippen LogP contribution in [0.25, 0.3) is 10.9 Å². The number of unbranched alkanes of at least 4 members (excludes halogenated alkanes) is 2. The molecule has 2 unspecified atom stereocenters. The number of amides is 11. The molecule has 594 valence electrons. The predicted octanol–water partition coefficient (Wildman–Crippen LogP) is -3.68. The van der Waals surface area contributed by atoms with Crippen molar-refractivity contribution in [1.29, 1.82) is 5.41 Å². The van der Waals surface area contributed by atoms with E-state index in [1.165, 1.54) is 0 Å². The molecule has 0 radical (unpaired) electrons. The molecular formula is C73H104N18O16S2. The third kappa shape index (κ3) is 30.1. The highest BCUT2D eigenvalue weighted by Crippen LogP contribution is 2.21. The summed E-state index contributed by atoms with van der Waals surface area (Å²) in [7, 11) is 0. The first-order valence-corrected chi connectivity index (χ1v) is 37.0. The van der Waals surface area contributed by atoms with Crippen molar-refractivity contribution in [2.45, 2.75) is 176 Å². The number of aliphatic hydroxyl groups excluding tert-OH is 3. The van der Waals surface area contributed by atoms with Crippen molar-refractivity contribution in [2.24, 2.45) is 22.9 Å². The molecule has 36 heteroatoms. The molecule has 0 bridgehead atoms. The lowest BCUT2D eigenvalue weighted by atomic mass is 10.00. The Kier molecular flexibility index (Phi) is 38.5. The van der Waals surface area contributed by atoms with Gasteiger partial charge in [0, 0.05) is 60.8 Å². The molecule has 4 aromatic carbocycles. The molecule has 1 aromatic heterocycles. The Bertz CT molecular complexity index is 3810. The molecule has 0 aliphatic heterocycles. The van der Waals surface area contributed by atoms with Gasteiger partial charge in [0.1, 0.15) is 66.5 Å². The van der Waals surface area contributed by atoms with Gasteiger partial charge < -0.3 is 112 Å². The van der Waals surface area contributed by atoms with Gasteiger partial charge in [0.2, 0.25) is 65.0 Å². The van der Waals surface area contributed by atoms with Crippen molar-refractivity contribution in [2.75, 3.05) is 37.7 Å². The molecule has 0 fully saturated rings. The van der Waals surface area contributed by atoms with Gasteiger partial charge in [-0.05, 0) is 107 Å². The average Bonchev–Trinajstić information content (AvgIpc) is 1.78. The first-order chi connectivity index (χ1) is 52.1. The first-order valence-electron chi connectivity index (χ1n) is 35.8. The van der Waals surface area contributed by atoms with Crippen LogP contribution in [0.15, 0.2) is 121 Å². The van der Waals surface area contributed by atoms with E-state index in [4.69, 9.17) is 28.3 Å². The van der Waals surface area contributed by atoms with Gasteiger partial charge >= 0.3 is 5.97 Å². The normalized spacial score (nSPS) is 15.0. The van der Waals surface area contributed by atoms with Crippen molar-refractivity contribution in [3.8, 4) is 0 Å². The lowest BCUT2D eigenvalue weighted by Gasteiger charge is -2.29. The van der Waals surface area contributed by atoms with Gasteiger partial charge in [-0.2, -0.15) is 25.3 Å². The van der Waals surface area contributed by atoms with Crippen LogP contribution in [-0.2, 0) is 83.2 Å². The molecule has 34 nitrogen and oxygen atoms in total. The maximum absolute atomic E-state index is 15.4. The number of para-hydroxylation sites is 1. The zero-order chi connectivity index (χ0) is 80.1. The number of aromatic nitrogens is 1. The minimum atomic E-state index is -1.88. The van der Waals surface area contributed by atoms with E-state index in [1.54, 1.807) is 121 Å². The maximum atomic E-state index is 15.4. The van der Waals surface area contributed by atoms with Crippen molar-refractivity contribution in [1.82, 2.24) is 68.8 Å². The van der Waals surface area contributed by atoms with Crippen LogP contribution in [0, 0.1) is 5.41 Å². The molecule has 5 aromatic rings. The molecule has 0 spiro atoms. The van der Waals surface area contributed by atoms with Crippen LogP contribution < -0.4 is 86.7 Å². The van der Waals surface area contributed by atoms with E-state index in [1.807, 2.05) is 0 Å². The van der Waals surface area contributed by atoms with E-state index in [-0.39, 0.29) is 88.3 Å². The number of carboxylic acids is 1. The second kappa shape index (κ2) is 46.9. The number of hydrogen-bond donors (Lipinski definition) is 24. The molecule has 11 amide bonds. The number of fused-ring (bicyclic) bond motifs is 1. The molecule has 109 heavy (non-hydrogen) atoms. The number of benzene rings is 4. The highest BCUT2D eigenvalue weighted by molar-refractivity contribution is 7.80. The number of aliphatic hydroxyl groups is 3. The van der Waals surface area contributed by atoms with Crippen LogP contribution in [0.3, 0.4) is 0 Å². The minimum Gasteiger partial charge on any atom is -0.480 e. The quantitative estimate of drug-likeness (QED) is 0.00772. The Hall–Kier alpha value is -10.2. The first kappa shape index (κ1) is 89.4. The van der Waals surface area contributed by atoms with Gasteiger partial charge in [-0.1, -0.05) is 109 Å². The Morgan fingerprint density at radius 2 is 0.771 bits per heavy atom. The highest BCUT2D eigenvalue weighted by Gasteiger charge is 2.39. The Balaban J connectivity index is 1.49. The van der Waals surface area contributed by atoms with E-state index in [0.717, 1.165) is 13.8 Å². The number of H-pyrrole nitrogens is 1. The largest absolute Gasteiger partial charge is 0.480 e. The number of aliphatic carboxylic acids is 1. The minimum absolute atomic E-state index is 0.0381. The molecule has 26 N–H and O–H groups in total. The summed E-state index contributed by atoms with van der Waals surface area (Å²) in [6.07, 6.45) is -1.19. The second-order valence-corrected chi connectivity index (χ2v) is 26.9. The number of guanidine groups is 1. The third-order valence-electron chi connectivity index (χ3n) is 17.5. The van der Waals surface area contributed by atoms with E-state index >= 15 is 14.4 Å². The van der Waals surface area contributed by atoms with Gasteiger partial charge in [-0.3, -0.25) is 58.1 Å². The number of carbonyl (C=O) groups excluding carboxylic acids is 11. The number of aromatic amines is 1. The number of hydrogen-bond acceptors (Lipinski definition) is 21. The third-order valence-corrected chi connectivity index (χ3v) is 18.3.